The van der Waals surface area contributed by atoms with Gasteiger partial charge in [-0.2, -0.15) is 9.97 Å². The van der Waals surface area contributed by atoms with Crippen molar-refractivity contribution in [2.45, 2.75) is 38.9 Å². The average molecular weight is 1560 g/mol. The summed E-state index contributed by atoms with van der Waals surface area (Å²) in [5.74, 6) is 2.98. The van der Waals surface area contributed by atoms with E-state index in [1.165, 1.54) is 44.5 Å². The third-order valence-corrected chi connectivity index (χ3v) is 20.4. The maximum absolute atomic E-state index is 6.48. The van der Waals surface area contributed by atoms with Crippen molar-refractivity contribution >= 4 is 92.0 Å². The Hall–Kier alpha value is -12.3. The first kappa shape index (κ1) is 73.2. The van der Waals surface area contributed by atoms with Crippen molar-refractivity contribution in [3.63, 3.8) is 0 Å². The van der Waals surface area contributed by atoms with E-state index in [9.17, 15) is 0 Å². The van der Waals surface area contributed by atoms with Crippen molar-refractivity contribution in [1.29, 1.82) is 0 Å². The predicted molar refractivity (Wildman–Crippen MR) is 465 cm³/mol. The molecule has 1 saturated heterocycles. The van der Waals surface area contributed by atoms with Gasteiger partial charge < -0.3 is 25.6 Å². The highest BCUT2D eigenvalue weighted by Gasteiger charge is 2.52. The van der Waals surface area contributed by atoms with Gasteiger partial charge in [-0.15, -0.1) is 24.0 Å². The van der Waals surface area contributed by atoms with Crippen LogP contribution in [0.3, 0.4) is 0 Å². The Morgan fingerprint density at radius 2 is 0.527 bits per heavy atom. The second kappa shape index (κ2) is 31.9. The van der Waals surface area contributed by atoms with Crippen LogP contribution in [0.25, 0.3) is 168 Å². The van der Waals surface area contributed by atoms with Crippen molar-refractivity contribution in [2.24, 2.45) is 0 Å². The summed E-state index contributed by atoms with van der Waals surface area (Å²) >= 11 is 6.11. The summed E-state index contributed by atoms with van der Waals surface area (Å²) in [6, 6.07) is 120. The Kier molecular flexibility index (Phi) is 21.2. The first-order valence-electron chi connectivity index (χ1n) is 36.1. The second-order valence-corrected chi connectivity index (χ2v) is 28.0. The molecule has 13 heteroatoms. The Morgan fingerprint density at radius 3 is 0.882 bits per heavy atom. The highest BCUT2D eigenvalue weighted by atomic mass is 127. The van der Waals surface area contributed by atoms with Crippen LogP contribution in [0.2, 0.25) is 5.28 Å². The minimum absolute atomic E-state index is 0. The molecule has 1 fully saturated rings. The summed E-state index contributed by atoms with van der Waals surface area (Å²) in [5, 5.41) is 4.56. The van der Waals surface area contributed by atoms with Gasteiger partial charge >= 0.3 is 7.12 Å². The average Bonchev–Trinajstić information content (AvgIpc) is 1.62. The van der Waals surface area contributed by atoms with E-state index in [4.69, 9.17) is 44.7 Å². The molecule has 0 radical (unpaired) electrons. The lowest BCUT2D eigenvalue weighted by atomic mass is 9.79. The zero-order chi connectivity index (χ0) is 73.1. The molecule has 1 aliphatic rings. The molecular formula is C97H76BClIN6O4-. The van der Waals surface area contributed by atoms with Crippen LogP contribution in [0.15, 0.2) is 361 Å². The van der Waals surface area contributed by atoms with Crippen LogP contribution in [0.5, 0.6) is 0 Å². The summed E-state index contributed by atoms with van der Waals surface area (Å²) < 4.78 is 25.3. The molecule has 0 N–H and O–H groups in total. The summed E-state index contributed by atoms with van der Waals surface area (Å²) in [7, 11) is -0.410. The van der Waals surface area contributed by atoms with Gasteiger partial charge in [0.05, 0.1) is 11.2 Å². The molecular weight excluding hydrogens is 1490 g/mol. The van der Waals surface area contributed by atoms with E-state index in [-0.39, 0.29) is 49.3 Å². The van der Waals surface area contributed by atoms with E-state index in [1.54, 1.807) is 0 Å². The molecule has 1 aliphatic heterocycles. The van der Waals surface area contributed by atoms with E-state index in [2.05, 4.69) is 267 Å². The number of halogens is 2. The van der Waals surface area contributed by atoms with Gasteiger partial charge in [-0.25, -0.2) is 19.9 Å². The minimum atomic E-state index is -0.410. The Labute approximate surface area is 663 Å². The minimum Gasteiger partial charge on any atom is -0.456 e. The molecule has 0 bridgehead atoms. The van der Waals surface area contributed by atoms with Crippen LogP contribution in [0.4, 0.5) is 0 Å². The Bertz CT molecular complexity index is 6210. The van der Waals surface area contributed by atoms with E-state index in [0.717, 1.165) is 99.4 Å². The molecule has 0 unspecified atom stereocenters. The van der Waals surface area contributed by atoms with Crippen LogP contribution in [0.1, 0.15) is 29.1 Å². The molecule has 110 heavy (non-hydrogen) atoms. The van der Waals surface area contributed by atoms with Crippen molar-refractivity contribution in [3.8, 4) is 124 Å². The fraction of sp³-hybridized carbons (Fsp3) is 0.0619. The van der Waals surface area contributed by atoms with Crippen molar-refractivity contribution in [1.82, 2.24) is 29.9 Å². The number of hydrogen-bond donors (Lipinski definition) is 0. The number of furan rings is 2. The molecule has 5 heterocycles. The standard InChI is InChI=1S/C45H29N3O.C30H27BO3.C21H14ClN3.CH3.HI.H2/c1-4-11-30(12-5-1)32-19-23-34(24-20-32)38-17-10-18-40-42(38)39-28-27-37(29-41(39)49-40)45-47-43(35-15-8-3-9-16-35)46-44(48-45)36-25-21-33(22-26-36)31-13-6-2-7-14-31;1-29(2)30(3,4)34-31(33-29)23-17-18-25-27(19-23)32-26-12-8-11-24(28(25)26)22-15-13-21(14-16-22)20-9-6-5-7-10-20;22-21-24-19(17-9-5-2-6-10-17)23-20(25-21)18-13-11-16(12-14-18)15-7-3-1-4-8-15;;;/h1-29H;5-19H,1-4H3;1-14H;1H3;2*1H/q;;;-1;;. The van der Waals surface area contributed by atoms with Gasteiger partial charge in [-0.3, -0.25) is 0 Å². The first-order valence-corrected chi connectivity index (χ1v) is 36.4. The number of hydrogen-bond acceptors (Lipinski definition) is 10. The van der Waals surface area contributed by atoms with Gasteiger partial charge in [-0.1, -0.05) is 322 Å². The Balaban J connectivity index is 0.000000145. The highest BCUT2D eigenvalue weighted by molar-refractivity contribution is 14.0. The van der Waals surface area contributed by atoms with Crippen molar-refractivity contribution in [3.05, 3.63) is 365 Å². The predicted octanol–water partition coefficient (Wildman–Crippen LogP) is 25.8. The molecule has 0 amide bonds. The van der Waals surface area contributed by atoms with Crippen LogP contribution in [0, 0.1) is 7.43 Å². The third-order valence-electron chi connectivity index (χ3n) is 20.2. The largest absolute Gasteiger partial charge is 0.494 e. The van der Waals surface area contributed by atoms with Gasteiger partial charge in [0, 0.05) is 50.8 Å². The number of nitrogens with zero attached hydrogens (tertiary/aromatic N) is 6. The van der Waals surface area contributed by atoms with Gasteiger partial charge in [-0.05, 0) is 142 Å². The number of aromatic nitrogens is 6. The molecule has 10 nitrogen and oxygen atoms in total. The lowest BCUT2D eigenvalue weighted by Gasteiger charge is -2.32. The van der Waals surface area contributed by atoms with Crippen molar-refractivity contribution in [2.75, 3.05) is 0 Å². The third kappa shape index (κ3) is 15.3. The molecule has 536 valence electrons. The fourth-order valence-electron chi connectivity index (χ4n) is 13.8. The maximum Gasteiger partial charge on any atom is 0.494 e. The Morgan fingerprint density at radius 1 is 0.264 bits per heavy atom. The van der Waals surface area contributed by atoms with Crippen LogP contribution >= 0.6 is 35.6 Å². The lowest BCUT2D eigenvalue weighted by Crippen LogP contribution is -2.41. The van der Waals surface area contributed by atoms with Crippen LogP contribution in [-0.2, 0) is 9.31 Å². The van der Waals surface area contributed by atoms with E-state index in [0.29, 0.717) is 29.1 Å². The second-order valence-electron chi connectivity index (χ2n) is 27.7. The lowest BCUT2D eigenvalue weighted by molar-refractivity contribution is 0.00578. The fourth-order valence-corrected chi connectivity index (χ4v) is 14.0. The molecule has 18 aromatic rings. The summed E-state index contributed by atoms with van der Waals surface area (Å²) in [4.78, 5) is 28.0. The maximum atomic E-state index is 6.48. The van der Waals surface area contributed by atoms with Gasteiger partial charge in [0.25, 0.3) is 0 Å². The number of benzene rings is 14. The molecule has 4 aromatic heterocycles. The van der Waals surface area contributed by atoms with E-state index in [1.807, 2.05) is 127 Å². The molecule has 0 saturated carbocycles. The van der Waals surface area contributed by atoms with Crippen LogP contribution in [-0.4, -0.2) is 48.2 Å². The normalized spacial score (nSPS) is 12.7. The molecule has 0 atom stereocenters. The molecule has 14 aromatic carbocycles. The van der Waals surface area contributed by atoms with E-state index >= 15 is 0 Å². The zero-order valence-electron chi connectivity index (χ0n) is 61.2. The molecule has 0 aliphatic carbocycles. The summed E-state index contributed by atoms with van der Waals surface area (Å²) in [6.07, 6.45) is 0. The van der Waals surface area contributed by atoms with Crippen molar-refractivity contribution < 1.29 is 19.6 Å². The topological polar surface area (TPSA) is 122 Å². The SMILES string of the molecule is CC1(C)OB(c2ccc3c(c2)oc2cccc(-c4ccc(-c5ccccc5)cc4)c23)OC1(C)C.Clc1nc(-c2ccccc2)nc(-c2ccc(-c3ccccc3)cc2)n1.I.[CH3-].[HH].c1ccc(-c2ccc(-c3nc(-c4ccccc4)nc(-c4ccc5c(c4)oc4cccc(-c6ccc(-c7ccccc7)cc6)c45)n3)cc2)cc1. The summed E-state index contributed by atoms with van der Waals surface area (Å²) in [6.45, 7) is 8.29. The monoisotopic (exact) mass is 1560 g/mol. The number of fused-ring (bicyclic) bond motifs is 6. The smallest absolute Gasteiger partial charge is 0.456 e. The summed E-state index contributed by atoms with van der Waals surface area (Å²) in [5.41, 5.74) is 22.2. The van der Waals surface area contributed by atoms with Gasteiger partial charge in [0.2, 0.25) is 5.28 Å². The quantitative estimate of drug-likeness (QED) is 0.0664. The molecule has 19 rings (SSSR count). The number of rotatable bonds is 12. The molecule has 0 spiro atoms. The van der Waals surface area contributed by atoms with Crippen LogP contribution < -0.4 is 5.46 Å². The highest BCUT2D eigenvalue weighted by Crippen LogP contribution is 2.42. The zero-order valence-corrected chi connectivity index (χ0v) is 64.3. The van der Waals surface area contributed by atoms with E-state index < -0.39 is 7.12 Å². The van der Waals surface area contributed by atoms with Gasteiger partial charge in [0.15, 0.2) is 29.1 Å². The van der Waals surface area contributed by atoms with Gasteiger partial charge in [0.1, 0.15) is 22.3 Å². The first-order chi connectivity index (χ1) is 52.9.